The summed E-state index contributed by atoms with van der Waals surface area (Å²) in [5.41, 5.74) is -1.11. The minimum atomic E-state index is -1.56. The number of rotatable bonds is 13. The Morgan fingerprint density at radius 3 is 2.48 bits per heavy atom. The normalized spacial score (nSPS) is 48.0. The smallest absolute Gasteiger partial charge is 0.311 e. The third-order valence-corrected chi connectivity index (χ3v) is 17.8. The van der Waals surface area contributed by atoms with Gasteiger partial charge in [-0.2, -0.15) is 4.99 Å². The first-order valence-electron chi connectivity index (χ1n) is 23.1. The average molecular weight is 893 g/mol. The standard InChI is InChI=1S/C47H74NO11S2/c1-27-14-15-34(54-40(27)32(6)43(50)53-19-20-60-61-39-13-11-12-18-48-39)23-35-24-36(52-10)33(7)47(56-35)31(5)25-45(9,59-47)38-16-17-44(8,57-38)42-29(3)22-37(55-42)41-28(2)21-30(4)46(51,26-49)58-41/h11,13,18,27-38,40-42,49,51H,14-17,19-26H2,1-10H3/q+1/t27-,28-,29-,30+,31+,32+,33+,34+,35+,36+,37+,38?,40?,41+,42+,44-,45+,46-,47+/m0/s1. The van der Waals surface area contributed by atoms with Crippen LogP contribution in [0.4, 0.5) is 0 Å². The van der Waals surface area contributed by atoms with Gasteiger partial charge in [-0.15, -0.1) is 0 Å². The van der Waals surface area contributed by atoms with Crippen LogP contribution >= 0.6 is 21.6 Å². The van der Waals surface area contributed by atoms with Crippen molar-refractivity contribution in [2.24, 2.45) is 46.4 Å². The number of aliphatic imine (C=N–C) groups is 1. The number of hydrogen-bond acceptors (Lipinski definition) is 14. The quantitative estimate of drug-likeness (QED) is 0.0804. The summed E-state index contributed by atoms with van der Waals surface area (Å²) in [6.45, 7) is 19.1. The number of hydrogen-bond donors (Lipinski definition) is 2. The molecule has 61 heavy (non-hydrogen) atoms. The topological polar surface area (TPSA) is 144 Å². The van der Waals surface area contributed by atoms with Crippen LogP contribution in [0.5, 0.6) is 0 Å². The van der Waals surface area contributed by atoms with E-state index in [4.69, 9.17) is 37.9 Å². The number of nitrogens with zero attached hydrogens (tertiary/aromatic N) is 1. The summed E-state index contributed by atoms with van der Waals surface area (Å²) in [5.74, 6) is -1.80. The number of esters is 1. The molecule has 0 aromatic rings. The molecule has 0 radical (unpaired) electrons. The highest BCUT2D eigenvalue weighted by Crippen LogP contribution is 2.57. The number of ether oxygens (including phenoxy) is 8. The molecule has 1 spiro atoms. The molecule has 12 nitrogen and oxygen atoms in total. The van der Waals surface area contributed by atoms with Gasteiger partial charge >= 0.3 is 5.97 Å². The molecule has 14 heteroatoms. The van der Waals surface area contributed by atoms with Gasteiger partial charge < -0.3 is 48.1 Å². The fourth-order valence-electron chi connectivity index (χ4n) is 12.0. The highest BCUT2D eigenvalue weighted by molar-refractivity contribution is 8.82. The summed E-state index contributed by atoms with van der Waals surface area (Å²) in [6, 6.07) is 0. The molecule has 6 saturated heterocycles. The third kappa shape index (κ3) is 9.87. The first-order valence-corrected chi connectivity index (χ1v) is 25.4. The Morgan fingerprint density at radius 2 is 1.75 bits per heavy atom. The summed E-state index contributed by atoms with van der Waals surface area (Å²) >= 11 is 0. The number of aliphatic hydroxyl groups is 2. The molecule has 19 atom stereocenters. The van der Waals surface area contributed by atoms with E-state index in [-0.39, 0.29) is 96.2 Å². The van der Waals surface area contributed by atoms with Crippen LogP contribution in [-0.2, 0) is 42.7 Å². The Hall–Kier alpha value is -1.13. The Morgan fingerprint density at radius 1 is 0.967 bits per heavy atom. The van der Waals surface area contributed by atoms with E-state index < -0.39 is 29.4 Å². The summed E-state index contributed by atoms with van der Waals surface area (Å²) in [7, 11) is 4.97. The molecular weight excluding hydrogens is 819 g/mol. The van der Waals surface area contributed by atoms with E-state index in [0.717, 1.165) is 56.4 Å². The molecule has 7 aliphatic rings. The molecule has 7 aliphatic heterocycles. The molecule has 0 saturated carbocycles. The van der Waals surface area contributed by atoms with Crippen molar-refractivity contribution in [2.45, 2.75) is 192 Å². The maximum absolute atomic E-state index is 13.2. The predicted molar refractivity (Wildman–Crippen MR) is 236 cm³/mol. The number of methoxy groups -OCH3 is 1. The Bertz CT molecular complexity index is 1620. The van der Waals surface area contributed by atoms with Crippen LogP contribution in [0.2, 0.25) is 0 Å². The summed E-state index contributed by atoms with van der Waals surface area (Å²) in [5, 5.41) is 22.0. The molecule has 7 heterocycles. The van der Waals surface area contributed by atoms with Gasteiger partial charge in [0.05, 0.1) is 72.6 Å². The SMILES string of the molecule is CO[C@@H]1C[C@@H](C[C@H]2CC[C@H](C)C([C@@H](C)C(=O)OCCSSC3=NC=[C+]C=C3)O2)O[C@]2(O[C@@](C)(C3CC[C@@](C)([C@@H]4O[C@@H]([C@@H]5O[C@@](O)(CO)[C@H](C)C[C@@H]5C)C[C@@H]4C)O3)C[C@H]2C)[C@@H]1C. The van der Waals surface area contributed by atoms with Gasteiger partial charge in [0.25, 0.3) is 0 Å². The molecule has 2 N–H and O–H groups in total. The first-order chi connectivity index (χ1) is 28.9. The monoisotopic (exact) mass is 892 g/mol. The maximum Gasteiger partial charge on any atom is 0.311 e. The lowest BCUT2D eigenvalue weighted by Crippen LogP contribution is -2.58. The number of carbonyl (C=O) groups excluding carboxylic acids is 1. The molecule has 2 unspecified atom stereocenters. The van der Waals surface area contributed by atoms with Gasteiger partial charge in [0.2, 0.25) is 0 Å². The molecule has 0 aliphatic carbocycles. The van der Waals surface area contributed by atoms with E-state index in [1.807, 2.05) is 26.0 Å². The third-order valence-electron chi connectivity index (χ3n) is 15.5. The van der Waals surface area contributed by atoms with Gasteiger partial charge in [-0.25, -0.2) is 0 Å². The summed E-state index contributed by atoms with van der Waals surface area (Å²) < 4.78 is 53.5. The second-order valence-corrected chi connectivity index (χ2v) is 22.7. The van der Waals surface area contributed by atoms with Gasteiger partial charge in [0, 0.05) is 43.5 Å². The Balaban J connectivity index is 0.953. The van der Waals surface area contributed by atoms with Crippen LogP contribution in [0.25, 0.3) is 0 Å². The van der Waals surface area contributed by atoms with Gasteiger partial charge in [-0.1, -0.05) is 52.3 Å². The number of allylic oxidation sites excluding steroid dienone is 2. The summed E-state index contributed by atoms with van der Waals surface area (Å²) in [4.78, 5) is 17.5. The minimum Gasteiger partial charge on any atom is -0.464 e. The van der Waals surface area contributed by atoms with E-state index in [1.165, 1.54) is 0 Å². The van der Waals surface area contributed by atoms with Crippen molar-refractivity contribution >= 4 is 32.6 Å². The first kappa shape index (κ1) is 47.8. The Kier molecular flexibility index (Phi) is 15.2. The average Bonchev–Trinajstić information content (AvgIpc) is 3.91. The largest absolute Gasteiger partial charge is 0.464 e. The Labute approximate surface area is 372 Å². The van der Waals surface area contributed by atoms with Crippen LogP contribution in [-0.4, -0.2) is 119 Å². The van der Waals surface area contributed by atoms with E-state index in [9.17, 15) is 15.0 Å². The predicted octanol–water partition coefficient (Wildman–Crippen LogP) is 7.83. The van der Waals surface area contributed by atoms with E-state index in [2.05, 4.69) is 59.5 Å². The fraction of sp³-hybridized carbons (Fsp3) is 0.872. The van der Waals surface area contributed by atoms with E-state index in [1.54, 1.807) is 34.9 Å². The van der Waals surface area contributed by atoms with E-state index in [0.29, 0.717) is 18.8 Å². The van der Waals surface area contributed by atoms with Crippen LogP contribution in [0.1, 0.15) is 120 Å². The molecule has 0 aromatic heterocycles. The van der Waals surface area contributed by atoms with Gasteiger partial charge in [-0.3, -0.25) is 4.79 Å². The molecule has 6 fully saturated rings. The summed E-state index contributed by atoms with van der Waals surface area (Å²) in [6.07, 6.45) is 14.4. The van der Waals surface area contributed by atoms with E-state index >= 15 is 0 Å². The van der Waals surface area contributed by atoms with Crippen molar-refractivity contribution in [3.63, 3.8) is 0 Å². The second kappa shape index (κ2) is 19.4. The van der Waals surface area contributed by atoms with Crippen LogP contribution in [0, 0.1) is 47.5 Å². The highest BCUT2D eigenvalue weighted by Gasteiger charge is 2.65. The maximum atomic E-state index is 13.2. The molecule has 0 bridgehead atoms. The van der Waals surface area contributed by atoms with Gasteiger partial charge in [0.1, 0.15) is 18.8 Å². The highest BCUT2D eigenvalue weighted by atomic mass is 33.1. The number of carbonyl (C=O) groups is 1. The lowest BCUT2D eigenvalue weighted by atomic mass is 9.78. The molecule has 0 aromatic carbocycles. The molecule has 344 valence electrons. The fourth-order valence-corrected chi connectivity index (χ4v) is 13.7. The molecule has 0 amide bonds. The molecular formula is C47H74NO11S2+. The van der Waals surface area contributed by atoms with Crippen molar-refractivity contribution in [1.82, 2.24) is 0 Å². The van der Waals surface area contributed by atoms with Crippen LogP contribution in [0.15, 0.2) is 23.3 Å². The number of aliphatic hydroxyl groups excluding tert-OH is 1. The van der Waals surface area contributed by atoms with Gasteiger partial charge in [-0.05, 0) is 94.3 Å². The van der Waals surface area contributed by atoms with Gasteiger partial charge in [0.15, 0.2) is 28.9 Å². The second-order valence-electron chi connectivity index (χ2n) is 20.2. The van der Waals surface area contributed by atoms with Crippen molar-refractivity contribution in [3.05, 3.63) is 24.4 Å². The lowest BCUT2D eigenvalue weighted by Gasteiger charge is -2.50. The van der Waals surface area contributed by atoms with Crippen LogP contribution in [0.3, 0.4) is 0 Å². The lowest BCUT2D eigenvalue weighted by molar-refractivity contribution is -0.353. The zero-order chi connectivity index (χ0) is 43.9. The van der Waals surface area contributed by atoms with Crippen molar-refractivity contribution < 1.29 is 52.9 Å². The van der Waals surface area contributed by atoms with Crippen molar-refractivity contribution in [2.75, 3.05) is 26.1 Å². The van der Waals surface area contributed by atoms with Crippen molar-refractivity contribution in [3.8, 4) is 0 Å². The zero-order valence-electron chi connectivity index (χ0n) is 38.2. The minimum absolute atomic E-state index is 0.0102. The molecule has 7 rings (SSSR count). The zero-order valence-corrected chi connectivity index (χ0v) is 39.8. The van der Waals surface area contributed by atoms with Crippen molar-refractivity contribution in [1.29, 1.82) is 0 Å². The van der Waals surface area contributed by atoms with Crippen LogP contribution < -0.4 is 0 Å².